The van der Waals surface area contributed by atoms with Gasteiger partial charge in [-0.3, -0.25) is 4.79 Å². The summed E-state index contributed by atoms with van der Waals surface area (Å²) in [4.78, 5) is 18.4. The molecule has 1 N–H and O–H groups in total. The average Bonchev–Trinajstić information content (AvgIpc) is 2.68. The van der Waals surface area contributed by atoms with Crippen molar-refractivity contribution in [2.45, 2.75) is 39.5 Å². The van der Waals surface area contributed by atoms with Crippen molar-refractivity contribution in [1.82, 2.24) is 4.98 Å². The number of amides is 1. The quantitative estimate of drug-likeness (QED) is 0.909. The van der Waals surface area contributed by atoms with Crippen molar-refractivity contribution in [3.05, 3.63) is 18.3 Å². The molecule has 19 heavy (non-hydrogen) atoms. The Labute approximate surface area is 115 Å². The van der Waals surface area contributed by atoms with E-state index in [4.69, 9.17) is 0 Å². The molecule has 104 valence electrons. The summed E-state index contributed by atoms with van der Waals surface area (Å²) in [7, 11) is 0. The van der Waals surface area contributed by atoms with Gasteiger partial charge < -0.3 is 10.2 Å². The lowest BCUT2D eigenvalue weighted by molar-refractivity contribution is -0.118. The van der Waals surface area contributed by atoms with Gasteiger partial charge in [-0.15, -0.1) is 0 Å². The summed E-state index contributed by atoms with van der Waals surface area (Å²) in [5, 5.41) is 2.86. The Morgan fingerprint density at radius 2 is 1.89 bits per heavy atom. The molecule has 0 unspecified atom stereocenters. The number of rotatable bonds is 3. The third-order valence-electron chi connectivity index (χ3n) is 3.47. The second-order valence-electron chi connectivity index (χ2n) is 5.45. The third kappa shape index (κ3) is 3.94. The van der Waals surface area contributed by atoms with Crippen molar-refractivity contribution in [3.63, 3.8) is 0 Å². The van der Waals surface area contributed by atoms with E-state index in [2.05, 4.69) is 15.2 Å². The molecule has 2 heterocycles. The van der Waals surface area contributed by atoms with E-state index in [1.165, 1.54) is 25.7 Å². The van der Waals surface area contributed by atoms with Crippen LogP contribution in [-0.2, 0) is 4.79 Å². The number of pyridine rings is 1. The highest BCUT2D eigenvalue weighted by Gasteiger charge is 2.11. The maximum absolute atomic E-state index is 11.6. The lowest BCUT2D eigenvalue weighted by Gasteiger charge is -2.21. The van der Waals surface area contributed by atoms with Crippen LogP contribution in [0.5, 0.6) is 0 Å². The minimum absolute atomic E-state index is 0.00900. The first-order valence-corrected chi connectivity index (χ1v) is 7.18. The molecule has 0 bridgehead atoms. The first-order valence-electron chi connectivity index (χ1n) is 7.18. The van der Waals surface area contributed by atoms with Gasteiger partial charge >= 0.3 is 0 Å². The Morgan fingerprint density at radius 1 is 1.21 bits per heavy atom. The lowest BCUT2D eigenvalue weighted by atomic mass is 10.2. The topological polar surface area (TPSA) is 45.2 Å². The molecule has 1 aromatic heterocycles. The van der Waals surface area contributed by atoms with Gasteiger partial charge in [-0.05, 0) is 25.0 Å². The van der Waals surface area contributed by atoms with Gasteiger partial charge in [-0.25, -0.2) is 4.98 Å². The highest BCUT2D eigenvalue weighted by atomic mass is 16.1. The van der Waals surface area contributed by atoms with Crippen LogP contribution in [0.25, 0.3) is 0 Å². The Bertz CT molecular complexity index is 406. The second-order valence-corrected chi connectivity index (χ2v) is 5.45. The maximum atomic E-state index is 11.6. The lowest BCUT2D eigenvalue weighted by Crippen LogP contribution is -2.25. The summed E-state index contributed by atoms with van der Waals surface area (Å²) in [5.74, 6) is 1.04. The predicted octanol–water partition coefficient (Wildman–Crippen LogP) is 3.06. The Morgan fingerprint density at radius 3 is 2.42 bits per heavy atom. The van der Waals surface area contributed by atoms with Crippen LogP contribution in [0.3, 0.4) is 0 Å². The monoisotopic (exact) mass is 261 g/mol. The van der Waals surface area contributed by atoms with E-state index >= 15 is 0 Å². The van der Waals surface area contributed by atoms with Crippen LogP contribution in [-0.4, -0.2) is 24.0 Å². The maximum Gasteiger partial charge on any atom is 0.226 e. The summed E-state index contributed by atoms with van der Waals surface area (Å²) >= 11 is 0. The van der Waals surface area contributed by atoms with Crippen LogP contribution in [0, 0.1) is 5.92 Å². The third-order valence-corrected chi connectivity index (χ3v) is 3.47. The number of carbonyl (C=O) groups is 1. The van der Waals surface area contributed by atoms with Gasteiger partial charge in [0.05, 0.1) is 11.9 Å². The SMILES string of the molecule is CC(C)C(=O)Nc1ccc(N2CCCCCC2)nc1. The van der Waals surface area contributed by atoms with E-state index in [9.17, 15) is 4.79 Å². The molecule has 0 aromatic carbocycles. The highest BCUT2D eigenvalue weighted by Crippen LogP contribution is 2.19. The van der Waals surface area contributed by atoms with Gasteiger partial charge in [0.15, 0.2) is 0 Å². The summed E-state index contributed by atoms with van der Waals surface area (Å²) in [5.41, 5.74) is 0.775. The van der Waals surface area contributed by atoms with Crippen molar-refractivity contribution in [2.24, 2.45) is 5.92 Å². The normalized spacial score (nSPS) is 16.3. The first-order chi connectivity index (χ1) is 9.16. The Hall–Kier alpha value is -1.58. The fourth-order valence-corrected chi connectivity index (χ4v) is 2.23. The van der Waals surface area contributed by atoms with Crippen LogP contribution in [0.4, 0.5) is 11.5 Å². The fraction of sp³-hybridized carbons (Fsp3) is 0.600. The molecule has 0 atom stereocenters. The number of nitrogens with one attached hydrogen (secondary N) is 1. The molecule has 4 nitrogen and oxygen atoms in total. The summed E-state index contributed by atoms with van der Waals surface area (Å²) in [6.45, 7) is 5.94. The largest absolute Gasteiger partial charge is 0.357 e. The minimum atomic E-state index is -0.00900. The fourth-order valence-electron chi connectivity index (χ4n) is 2.23. The molecule has 0 aliphatic carbocycles. The zero-order valence-corrected chi connectivity index (χ0v) is 11.9. The van der Waals surface area contributed by atoms with Gasteiger partial charge in [0, 0.05) is 19.0 Å². The minimum Gasteiger partial charge on any atom is -0.357 e. The number of nitrogens with zero attached hydrogens (tertiary/aromatic N) is 2. The van der Waals surface area contributed by atoms with E-state index in [1.54, 1.807) is 6.20 Å². The molecule has 4 heteroatoms. The van der Waals surface area contributed by atoms with Crippen LogP contribution < -0.4 is 10.2 Å². The van der Waals surface area contributed by atoms with E-state index in [0.717, 1.165) is 24.6 Å². The van der Waals surface area contributed by atoms with Crippen LogP contribution in [0.2, 0.25) is 0 Å². The number of carbonyl (C=O) groups excluding carboxylic acids is 1. The standard InChI is InChI=1S/C15H23N3O/c1-12(2)15(19)17-13-7-8-14(16-11-13)18-9-5-3-4-6-10-18/h7-8,11-12H,3-6,9-10H2,1-2H3,(H,17,19). The van der Waals surface area contributed by atoms with E-state index in [0.29, 0.717) is 0 Å². The number of hydrogen-bond acceptors (Lipinski definition) is 3. The van der Waals surface area contributed by atoms with E-state index < -0.39 is 0 Å². The zero-order chi connectivity index (χ0) is 13.7. The molecular formula is C15H23N3O. The molecule has 1 fully saturated rings. The Kier molecular flexibility index (Phi) is 4.77. The summed E-state index contributed by atoms with van der Waals surface area (Å²) < 4.78 is 0. The van der Waals surface area contributed by atoms with Crippen LogP contribution >= 0.6 is 0 Å². The van der Waals surface area contributed by atoms with Gasteiger partial charge in [-0.1, -0.05) is 26.7 Å². The van der Waals surface area contributed by atoms with Gasteiger partial charge in [0.2, 0.25) is 5.91 Å². The molecule has 1 aliphatic heterocycles. The molecule has 2 rings (SSSR count). The molecule has 1 saturated heterocycles. The number of anilines is 2. The highest BCUT2D eigenvalue weighted by molar-refractivity contribution is 5.91. The van der Waals surface area contributed by atoms with E-state index in [-0.39, 0.29) is 11.8 Å². The molecular weight excluding hydrogens is 238 g/mol. The summed E-state index contributed by atoms with van der Waals surface area (Å²) in [6, 6.07) is 3.94. The molecule has 1 amide bonds. The van der Waals surface area contributed by atoms with Gasteiger partial charge in [0.25, 0.3) is 0 Å². The Balaban J connectivity index is 1.99. The van der Waals surface area contributed by atoms with Crippen molar-refractivity contribution in [3.8, 4) is 0 Å². The van der Waals surface area contributed by atoms with Crippen LogP contribution in [0.15, 0.2) is 18.3 Å². The summed E-state index contributed by atoms with van der Waals surface area (Å²) in [6.07, 6.45) is 6.87. The van der Waals surface area contributed by atoms with Crippen molar-refractivity contribution in [2.75, 3.05) is 23.3 Å². The first kappa shape index (κ1) is 13.8. The second kappa shape index (κ2) is 6.55. The molecule has 0 radical (unpaired) electrons. The zero-order valence-electron chi connectivity index (χ0n) is 11.9. The number of aromatic nitrogens is 1. The molecule has 0 saturated carbocycles. The number of hydrogen-bond donors (Lipinski definition) is 1. The molecule has 1 aromatic rings. The van der Waals surface area contributed by atoms with Gasteiger partial charge in [0.1, 0.15) is 5.82 Å². The average molecular weight is 261 g/mol. The van der Waals surface area contributed by atoms with Crippen molar-refractivity contribution >= 4 is 17.4 Å². The molecule has 1 aliphatic rings. The van der Waals surface area contributed by atoms with Crippen LogP contribution in [0.1, 0.15) is 39.5 Å². The smallest absolute Gasteiger partial charge is 0.226 e. The predicted molar refractivity (Wildman–Crippen MR) is 78.4 cm³/mol. The van der Waals surface area contributed by atoms with E-state index in [1.807, 2.05) is 26.0 Å². The van der Waals surface area contributed by atoms with Crippen molar-refractivity contribution in [1.29, 1.82) is 0 Å². The van der Waals surface area contributed by atoms with Gasteiger partial charge in [-0.2, -0.15) is 0 Å². The molecule has 0 spiro atoms. The van der Waals surface area contributed by atoms with Crippen molar-refractivity contribution < 1.29 is 4.79 Å².